The Morgan fingerprint density at radius 3 is 2.10 bits per heavy atom. The van der Waals surface area contributed by atoms with Crippen LogP contribution in [-0.4, -0.2) is 11.8 Å². The minimum absolute atomic E-state index is 0.103. The fourth-order valence-corrected chi connectivity index (χ4v) is 4.95. The third kappa shape index (κ3) is 1.17. The molecular weight excluding hydrogens is 269 g/mol. The number of hydrogen-bond acceptors (Lipinski definition) is 2. The number of imide groups is 1. The van der Waals surface area contributed by atoms with Gasteiger partial charge in [-0.05, 0) is 42.2 Å². The highest BCUT2D eigenvalue weighted by molar-refractivity contribution is 6.23. The Balaban J connectivity index is 1.61. The molecule has 3 aliphatic carbocycles. The highest BCUT2D eigenvalue weighted by atomic mass is 19.1. The van der Waals surface area contributed by atoms with Crippen molar-refractivity contribution in [3.63, 3.8) is 0 Å². The lowest BCUT2D eigenvalue weighted by Gasteiger charge is -2.21. The van der Waals surface area contributed by atoms with E-state index < -0.39 is 5.82 Å². The zero-order chi connectivity index (χ0) is 14.4. The number of halogens is 1. The summed E-state index contributed by atoms with van der Waals surface area (Å²) in [6.07, 6.45) is 6.47. The maximum atomic E-state index is 14.0. The lowest BCUT2D eigenvalue weighted by molar-refractivity contribution is -0.123. The first-order valence-electron chi connectivity index (χ1n) is 7.46. The summed E-state index contributed by atoms with van der Waals surface area (Å²) < 4.78 is 14.0. The minimum Gasteiger partial charge on any atom is -0.274 e. The number of amides is 2. The van der Waals surface area contributed by atoms with Crippen LogP contribution in [0, 0.1) is 34.9 Å². The van der Waals surface area contributed by atoms with Crippen LogP contribution in [0.3, 0.4) is 0 Å². The van der Waals surface area contributed by atoms with E-state index in [1.165, 1.54) is 12.1 Å². The van der Waals surface area contributed by atoms with Crippen molar-refractivity contribution >= 4 is 17.5 Å². The monoisotopic (exact) mass is 283 g/mol. The Morgan fingerprint density at radius 2 is 1.57 bits per heavy atom. The highest BCUT2D eigenvalue weighted by Crippen LogP contribution is 2.73. The second-order valence-corrected chi connectivity index (χ2v) is 6.68. The molecule has 5 rings (SSSR count). The van der Waals surface area contributed by atoms with Crippen molar-refractivity contribution in [2.45, 2.75) is 12.8 Å². The molecule has 2 bridgehead atoms. The van der Waals surface area contributed by atoms with E-state index in [0.717, 1.165) is 17.7 Å². The van der Waals surface area contributed by atoms with Crippen LogP contribution in [0.15, 0.2) is 36.4 Å². The van der Waals surface area contributed by atoms with Crippen molar-refractivity contribution < 1.29 is 14.0 Å². The third-order valence-corrected chi connectivity index (χ3v) is 5.95. The molecule has 0 unspecified atom stereocenters. The molecule has 1 spiro atoms. The second-order valence-electron chi connectivity index (χ2n) is 6.68. The average Bonchev–Trinajstić information content (AvgIpc) is 3.07. The Labute approximate surface area is 121 Å². The summed E-state index contributed by atoms with van der Waals surface area (Å²) in [5, 5.41) is 0. The van der Waals surface area contributed by atoms with Crippen molar-refractivity contribution in [1.29, 1.82) is 0 Å². The van der Waals surface area contributed by atoms with Crippen LogP contribution in [0.4, 0.5) is 10.1 Å². The van der Waals surface area contributed by atoms with Crippen molar-refractivity contribution in [2.24, 2.45) is 29.1 Å². The number of carbonyl (C=O) groups excluding carboxylic acids is 2. The average molecular weight is 283 g/mol. The van der Waals surface area contributed by atoms with Crippen LogP contribution in [-0.2, 0) is 9.59 Å². The van der Waals surface area contributed by atoms with Gasteiger partial charge in [0, 0.05) is 0 Å². The van der Waals surface area contributed by atoms with Crippen LogP contribution in [0.25, 0.3) is 0 Å². The quantitative estimate of drug-likeness (QED) is 0.586. The topological polar surface area (TPSA) is 37.4 Å². The summed E-state index contributed by atoms with van der Waals surface area (Å²) in [5.41, 5.74) is 0.285. The van der Waals surface area contributed by atoms with Crippen molar-refractivity contribution in [1.82, 2.24) is 0 Å². The maximum Gasteiger partial charge on any atom is 0.238 e. The predicted molar refractivity (Wildman–Crippen MR) is 73.7 cm³/mol. The number of hydrogen-bond donors (Lipinski definition) is 0. The molecule has 2 amide bonds. The summed E-state index contributed by atoms with van der Waals surface area (Å²) in [5.74, 6) is -1.11. The lowest BCUT2D eigenvalue weighted by Crippen LogP contribution is -2.35. The normalized spacial score (nSPS) is 37.7. The van der Waals surface area contributed by atoms with E-state index >= 15 is 0 Å². The Kier molecular flexibility index (Phi) is 1.91. The number of carbonyl (C=O) groups is 2. The van der Waals surface area contributed by atoms with Gasteiger partial charge >= 0.3 is 0 Å². The van der Waals surface area contributed by atoms with Gasteiger partial charge in [-0.25, -0.2) is 9.29 Å². The van der Waals surface area contributed by atoms with Crippen LogP contribution in [0.1, 0.15) is 12.8 Å². The van der Waals surface area contributed by atoms with Gasteiger partial charge < -0.3 is 0 Å². The van der Waals surface area contributed by atoms with Gasteiger partial charge in [0.1, 0.15) is 5.82 Å². The van der Waals surface area contributed by atoms with Crippen molar-refractivity contribution in [3.05, 3.63) is 42.2 Å². The fraction of sp³-hybridized carbons (Fsp3) is 0.412. The smallest absolute Gasteiger partial charge is 0.238 e. The van der Waals surface area contributed by atoms with E-state index in [1.807, 2.05) is 0 Å². The molecule has 2 saturated carbocycles. The number of fused-ring (bicyclic) bond motifs is 3. The predicted octanol–water partition coefficient (Wildman–Crippen LogP) is 2.53. The van der Waals surface area contributed by atoms with E-state index in [9.17, 15) is 14.0 Å². The summed E-state index contributed by atoms with van der Waals surface area (Å²) in [7, 11) is 0. The van der Waals surface area contributed by atoms with Gasteiger partial charge in [0.25, 0.3) is 0 Å². The first-order chi connectivity index (χ1) is 10.1. The molecule has 0 aromatic heterocycles. The molecule has 4 aliphatic rings. The van der Waals surface area contributed by atoms with Crippen LogP contribution in [0.5, 0.6) is 0 Å². The summed E-state index contributed by atoms with van der Waals surface area (Å²) in [6, 6.07) is 6.02. The SMILES string of the molecule is O=C1[C@@H]2[C@H](C(=O)N1c1ccccc1F)[C@H]1C=C[C@H]2C12CC2. The van der Waals surface area contributed by atoms with Gasteiger partial charge in [0.15, 0.2) is 0 Å². The van der Waals surface area contributed by atoms with Gasteiger partial charge in [-0.3, -0.25) is 9.59 Å². The molecule has 21 heavy (non-hydrogen) atoms. The number of rotatable bonds is 1. The largest absolute Gasteiger partial charge is 0.274 e. The van der Waals surface area contributed by atoms with E-state index in [1.54, 1.807) is 12.1 Å². The first kappa shape index (κ1) is 11.7. The highest BCUT2D eigenvalue weighted by Gasteiger charge is 2.73. The summed E-state index contributed by atoms with van der Waals surface area (Å²) >= 11 is 0. The van der Waals surface area contributed by atoms with E-state index in [4.69, 9.17) is 0 Å². The molecule has 1 heterocycles. The first-order valence-corrected chi connectivity index (χ1v) is 7.46. The fourth-order valence-electron chi connectivity index (χ4n) is 4.95. The van der Waals surface area contributed by atoms with Crippen LogP contribution < -0.4 is 4.90 Å². The summed E-state index contributed by atoms with van der Waals surface area (Å²) in [6.45, 7) is 0. The molecule has 1 saturated heterocycles. The Hall–Kier alpha value is -1.97. The Bertz CT molecular complexity index is 687. The van der Waals surface area contributed by atoms with Crippen molar-refractivity contribution in [2.75, 3.05) is 4.90 Å². The molecule has 0 radical (unpaired) electrons. The lowest BCUT2D eigenvalue weighted by atomic mass is 9.85. The maximum absolute atomic E-state index is 14.0. The van der Waals surface area contributed by atoms with Gasteiger partial charge in [0.2, 0.25) is 11.8 Å². The van der Waals surface area contributed by atoms with Gasteiger partial charge in [-0.15, -0.1) is 0 Å². The number of para-hydroxylation sites is 1. The number of allylic oxidation sites excluding steroid dienone is 2. The molecule has 106 valence electrons. The van der Waals surface area contributed by atoms with Crippen molar-refractivity contribution in [3.8, 4) is 0 Å². The third-order valence-electron chi connectivity index (χ3n) is 5.95. The van der Waals surface area contributed by atoms with Crippen LogP contribution in [0.2, 0.25) is 0 Å². The summed E-state index contributed by atoms with van der Waals surface area (Å²) in [4.78, 5) is 26.6. The van der Waals surface area contributed by atoms with E-state index in [0.29, 0.717) is 0 Å². The Morgan fingerprint density at radius 1 is 1.00 bits per heavy atom. The van der Waals surface area contributed by atoms with E-state index in [2.05, 4.69) is 12.2 Å². The molecule has 1 aliphatic heterocycles. The number of anilines is 1. The molecule has 1 aromatic carbocycles. The molecule has 3 nitrogen and oxygen atoms in total. The molecule has 4 heteroatoms. The molecular formula is C17H14FNO2. The molecule has 1 aromatic rings. The second kappa shape index (κ2) is 3.43. The number of benzene rings is 1. The standard InChI is InChI=1S/C17H14FNO2/c18-11-3-1-2-4-12(11)19-15(20)13-9-5-6-10(14(13)16(19)21)17(9)7-8-17/h1-6,9-10,13-14H,7-8H2/t9-,10-,13-,14+/m1/s1. The molecule has 0 N–H and O–H groups in total. The van der Waals surface area contributed by atoms with Gasteiger partial charge in [-0.1, -0.05) is 24.3 Å². The van der Waals surface area contributed by atoms with Gasteiger partial charge in [0.05, 0.1) is 17.5 Å². The number of nitrogens with zero attached hydrogens (tertiary/aromatic N) is 1. The molecule has 3 fully saturated rings. The zero-order valence-corrected chi connectivity index (χ0v) is 11.3. The molecule has 4 atom stereocenters. The van der Waals surface area contributed by atoms with Crippen LogP contribution >= 0.6 is 0 Å². The minimum atomic E-state index is -0.513. The van der Waals surface area contributed by atoms with E-state index in [-0.39, 0.29) is 46.6 Å². The zero-order valence-electron chi connectivity index (χ0n) is 11.3. The van der Waals surface area contributed by atoms with Gasteiger partial charge in [-0.2, -0.15) is 0 Å².